The van der Waals surface area contributed by atoms with E-state index in [1.54, 1.807) is 32.9 Å². The maximum absolute atomic E-state index is 12.5. The highest BCUT2D eigenvalue weighted by Gasteiger charge is 2.25. The maximum atomic E-state index is 12.5. The van der Waals surface area contributed by atoms with E-state index in [-0.39, 0.29) is 13.0 Å². The van der Waals surface area contributed by atoms with E-state index in [0.29, 0.717) is 5.56 Å². The number of aromatic nitrogens is 2. The van der Waals surface area contributed by atoms with Crippen LogP contribution in [0.3, 0.4) is 0 Å². The van der Waals surface area contributed by atoms with Crippen LogP contribution in [0.5, 0.6) is 0 Å². The van der Waals surface area contributed by atoms with Gasteiger partial charge in [-0.2, -0.15) is 0 Å². The number of carbonyl (C=O) groups excluding carboxylic acids is 2. The fourth-order valence-corrected chi connectivity index (χ4v) is 2.21. The molecule has 10 nitrogen and oxygen atoms in total. The lowest BCUT2D eigenvalue weighted by atomic mass is 10.2. The lowest BCUT2D eigenvalue weighted by Crippen LogP contribution is -2.44. The van der Waals surface area contributed by atoms with Gasteiger partial charge < -0.3 is 24.9 Å². The highest BCUT2D eigenvalue weighted by molar-refractivity contribution is 5.81. The summed E-state index contributed by atoms with van der Waals surface area (Å²) in [4.78, 5) is 41.6. The summed E-state index contributed by atoms with van der Waals surface area (Å²) in [5, 5.41) is 13.1. The van der Waals surface area contributed by atoms with E-state index >= 15 is 0 Å². The third-order valence-electron chi connectivity index (χ3n) is 3.54. The molecule has 0 bridgehead atoms. The molecule has 1 heterocycles. The molecule has 1 aromatic heterocycles. The van der Waals surface area contributed by atoms with Gasteiger partial charge in [-0.25, -0.2) is 9.59 Å². The number of hydrogen-bond acceptors (Lipinski definition) is 8. The fourth-order valence-electron chi connectivity index (χ4n) is 2.21. The van der Waals surface area contributed by atoms with Crippen LogP contribution in [0.15, 0.2) is 42.7 Å². The Kier molecular flexibility index (Phi) is 8.02. The topological polar surface area (TPSA) is 134 Å². The number of benzene rings is 1. The van der Waals surface area contributed by atoms with Crippen LogP contribution >= 0.6 is 0 Å². The van der Waals surface area contributed by atoms with Gasteiger partial charge in [0.15, 0.2) is 0 Å². The molecule has 0 aliphatic carbocycles. The molecule has 2 aromatic rings. The molecule has 0 saturated heterocycles. The number of rotatable bonds is 6. The van der Waals surface area contributed by atoms with Crippen LogP contribution < -0.4 is 5.32 Å². The third-order valence-corrected chi connectivity index (χ3v) is 3.54. The first-order valence-electron chi connectivity index (χ1n) is 9.29. The van der Waals surface area contributed by atoms with Gasteiger partial charge >= 0.3 is 18.0 Å². The number of nitro groups is 1. The molecule has 1 N–H and O–H groups in total. The van der Waals surface area contributed by atoms with Crippen LogP contribution in [-0.2, 0) is 20.9 Å². The van der Waals surface area contributed by atoms with E-state index < -0.39 is 34.6 Å². The normalized spacial score (nSPS) is 11.5. The van der Waals surface area contributed by atoms with Crippen LogP contribution in [0, 0.1) is 22.0 Å². The molecule has 0 aliphatic rings. The monoisotopic (exact) mass is 426 g/mol. The van der Waals surface area contributed by atoms with Gasteiger partial charge in [0.1, 0.15) is 30.6 Å². The third kappa shape index (κ3) is 8.49. The second kappa shape index (κ2) is 10.7. The van der Waals surface area contributed by atoms with Gasteiger partial charge in [0, 0.05) is 6.42 Å². The van der Waals surface area contributed by atoms with Crippen molar-refractivity contribution in [3.63, 3.8) is 0 Å². The van der Waals surface area contributed by atoms with Crippen molar-refractivity contribution >= 4 is 18.0 Å². The van der Waals surface area contributed by atoms with Crippen molar-refractivity contribution in [3.05, 3.63) is 64.0 Å². The number of hydrogen-bond donors (Lipinski definition) is 1. The standard InChI is InChI=1S/C21H22N4O6/c1-21(2,3)31-20(27)24-17(18(26)30-14-15-8-5-4-6-9-15)11-7-10-16-12-22-19(23-13-16)25(28)29/h4-6,8-9,12-13,17H,11,14H2,1-3H3,(H,24,27). The fraction of sp³-hybridized carbons (Fsp3) is 0.333. The van der Waals surface area contributed by atoms with Crippen molar-refractivity contribution in [1.82, 2.24) is 15.3 Å². The first-order chi connectivity index (χ1) is 14.6. The highest BCUT2D eigenvalue weighted by atomic mass is 16.6. The average Bonchev–Trinajstić information content (AvgIpc) is 2.71. The molecule has 0 spiro atoms. The van der Waals surface area contributed by atoms with Crippen molar-refractivity contribution in [1.29, 1.82) is 0 Å². The summed E-state index contributed by atoms with van der Waals surface area (Å²) in [5.74, 6) is 4.20. The van der Waals surface area contributed by atoms with E-state index in [2.05, 4.69) is 27.1 Å². The molecule has 1 atom stereocenters. The second-order valence-electron chi connectivity index (χ2n) is 7.33. The first-order valence-corrected chi connectivity index (χ1v) is 9.29. The van der Waals surface area contributed by atoms with Gasteiger partial charge in [0.25, 0.3) is 0 Å². The van der Waals surface area contributed by atoms with Crippen LogP contribution in [0.1, 0.15) is 38.3 Å². The Morgan fingerprint density at radius 1 is 1.19 bits per heavy atom. The Morgan fingerprint density at radius 3 is 2.42 bits per heavy atom. The Hall–Kier alpha value is -4.00. The summed E-state index contributed by atoms with van der Waals surface area (Å²) in [6, 6.07) is 8.00. The van der Waals surface area contributed by atoms with E-state index in [4.69, 9.17) is 9.47 Å². The summed E-state index contributed by atoms with van der Waals surface area (Å²) >= 11 is 0. The SMILES string of the molecule is CC(C)(C)OC(=O)NC(CC#Cc1cnc([N+](=O)[O-])nc1)C(=O)OCc1ccccc1. The van der Waals surface area contributed by atoms with E-state index in [1.165, 1.54) is 12.4 Å². The predicted octanol–water partition coefficient (Wildman–Crippen LogP) is 2.76. The van der Waals surface area contributed by atoms with Gasteiger partial charge in [0.05, 0.1) is 5.56 Å². The average molecular weight is 426 g/mol. The van der Waals surface area contributed by atoms with Crippen LogP contribution in [0.2, 0.25) is 0 Å². The molecule has 1 unspecified atom stereocenters. The van der Waals surface area contributed by atoms with Crippen molar-refractivity contribution in [2.24, 2.45) is 0 Å². The van der Waals surface area contributed by atoms with Crippen molar-refractivity contribution in [2.45, 2.75) is 45.4 Å². The molecule has 2 rings (SSSR count). The summed E-state index contributed by atoms with van der Waals surface area (Å²) in [5.41, 5.74) is 0.366. The molecule has 10 heteroatoms. The quantitative estimate of drug-likeness (QED) is 0.323. The Balaban J connectivity index is 2.06. The smallest absolute Gasteiger partial charge is 0.459 e. The number of amides is 1. The summed E-state index contributed by atoms with van der Waals surface area (Å²) in [6.45, 7) is 5.13. The number of carbonyl (C=O) groups is 2. The highest BCUT2D eigenvalue weighted by Crippen LogP contribution is 2.09. The molecule has 0 fully saturated rings. The molecule has 162 valence electrons. The Labute approximate surface area is 179 Å². The maximum Gasteiger partial charge on any atom is 0.468 e. The molecule has 1 amide bonds. The second-order valence-corrected chi connectivity index (χ2v) is 7.33. The molecular weight excluding hydrogens is 404 g/mol. The number of esters is 1. The molecule has 1 aromatic carbocycles. The molecule has 0 aliphatic heterocycles. The zero-order valence-corrected chi connectivity index (χ0v) is 17.3. The van der Waals surface area contributed by atoms with Crippen molar-refractivity contribution in [3.8, 4) is 11.8 Å². The van der Waals surface area contributed by atoms with Crippen LogP contribution in [-0.4, -0.2) is 38.6 Å². The summed E-state index contributed by atoms with van der Waals surface area (Å²) < 4.78 is 10.5. The summed E-state index contributed by atoms with van der Waals surface area (Å²) in [7, 11) is 0. The summed E-state index contributed by atoms with van der Waals surface area (Å²) in [6.07, 6.45) is 1.53. The van der Waals surface area contributed by atoms with E-state index in [9.17, 15) is 19.7 Å². The van der Waals surface area contributed by atoms with Crippen LogP contribution in [0.4, 0.5) is 10.7 Å². The molecule has 31 heavy (non-hydrogen) atoms. The molecular formula is C21H22N4O6. The molecule has 0 saturated carbocycles. The van der Waals surface area contributed by atoms with Crippen LogP contribution in [0.25, 0.3) is 0 Å². The van der Waals surface area contributed by atoms with Gasteiger partial charge in [-0.1, -0.05) is 52.1 Å². The van der Waals surface area contributed by atoms with E-state index in [0.717, 1.165) is 5.56 Å². The number of nitrogens with one attached hydrogen (secondary N) is 1. The lowest BCUT2D eigenvalue weighted by molar-refractivity contribution is -0.394. The van der Waals surface area contributed by atoms with Gasteiger partial charge in [-0.05, 0) is 31.3 Å². The minimum atomic E-state index is -1.08. The van der Waals surface area contributed by atoms with E-state index in [1.807, 2.05) is 18.2 Å². The van der Waals surface area contributed by atoms with Crippen molar-refractivity contribution < 1.29 is 24.0 Å². The molecule has 0 radical (unpaired) electrons. The van der Waals surface area contributed by atoms with Gasteiger partial charge in [0.2, 0.25) is 0 Å². The minimum absolute atomic E-state index is 0.0375. The zero-order chi connectivity index (χ0) is 22.9. The Bertz CT molecular complexity index is 975. The number of ether oxygens (including phenoxy) is 2. The predicted molar refractivity (Wildman–Crippen MR) is 110 cm³/mol. The van der Waals surface area contributed by atoms with Gasteiger partial charge in [-0.3, -0.25) is 0 Å². The van der Waals surface area contributed by atoms with Gasteiger partial charge in [-0.15, -0.1) is 0 Å². The van der Waals surface area contributed by atoms with Crippen molar-refractivity contribution in [2.75, 3.05) is 0 Å². The Morgan fingerprint density at radius 2 is 1.84 bits per heavy atom. The number of nitrogens with zero attached hydrogens (tertiary/aromatic N) is 3. The first kappa shape index (κ1) is 23.3. The zero-order valence-electron chi connectivity index (χ0n) is 17.3. The largest absolute Gasteiger partial charge is 0.468 e. The minimum Gasteiger partial charge on any atom is -0.459 e. The number of alkyl carbamates (subject to hydrolysis) is 1. The lowest BCUT2D eigenvalue weighted by Gasteiger charge is -2.22.